The van der Waals surface area contributed by atoms with E-state index in [4.69, 9.17) is 4.42 Å². The number of rotatable bonds is 4. The topological polar surface area (TPSA) is 94.9 Å². The number of likely N-dealkylation sites (tertiary alicyclic amines) is 2. The molecule has 4 amide bonds. The van der Waals surface area contributed by atoms with Crippen LogP contribution >= 0.6 is 0 Å². The highest BCUT2D eigenvalue weighted by molar-refractivity contribution is 6.02. The number of alkyl halides is 3. The van der Waals surface area contributed by atoms with Crippen molar-refractivity contribution in [3.63, 3.8) is 0 Å². The Morgan fingerprint density at radius 3 is 2.38 bits per heavy atom. The number of amides is 4. The minimum Gasteiger partial charge on any atom is -0.459 e. The van der Waals surface area contributed by atoms with Crippen molar-refractivity contribution in [1.82, 2.24) is 9.80 Å². The lowest BCUT2D eigenvalue weighted by Gasteiger charge is -2.34. The number of nitrogens with zero attached hydrogens (tertiary/aromatic N) is 2. The van der Waals surface area contributed by atoms with E-state index in [0.29, 0.717) is 32.5 Å². The number of halogens is 3. The fourth-order valence-electron chi connectivity index (χ4n) is 4.27. The molecule has 34 heavy (non-hydrogen) atoms. The predicted octanol–water partition coefficient (Wildman–Crippen LogP) is 4.42. The van der Waals surface area contributed by atoms with Crippen LogP contribution in [0.25, 0.3) is 0 Å². The molecule has 2 aromatic rings. The highest BCUT2D eigenvalue weighted by Gasteiger charge is 2.36. The van der Waals surface area contributed by atoms with Gasteiger partial charge in [-0.3, -0.25) is 9.59 Å². The molecule has 2 aliphatic heterocycles. The third kappa shape index (κ3) is 5.35. The van der Waals surface area contributed by atoms with Crippen molar-refractivity contribution >= 4 is 29.2 Å². The summed E-state index contributed by atoms with van der Waals surface area (Å²) in [4.78, 5) is 40.9. The maximum atomic E-state index is 13.7. The van der Waals surface area contributed by atoms with E-state index in [2.05, 4.69) is 10.6 Å². The Kier molecular flexibility index (Phi) is 6.80. The lowest BCUT2D eigenvalue weighted by Crippen LogP contribution is -2.48. The Morgan fingerprint density at radius 2 is 1.71 bits per heavy atom. The van der Waals surface area contributed by atoms with Crippen LogP contribution in [0.2, 0.25) is 0 Å². The quantitative estimate of drug-likeness (QED) is 0.680. The number of hydrogen-bond acceptors (Lipinski definition) is 4. The maximum absolute atomic E-state index is 13.7. The molecule has 1 aromatic heterocycles. The van der Waals surface area contributed by atoms with E-state index in [0.717, 1.165) is 25.0 Å². The molecule has 3 heterocycles. The van der Waals surface area contributed by atoms with Gasteiger partial charge in [-0.15, -0.1) is 0 Å². The van der Waals surface area contributed by atoms with Gasteiger partial charge in [-0.2, -0.15) is 13.2 Å². The summed E-state index contributed by atoms with van der Waals surface area (Å²) in [6.07, 6.45) is -0.517. The predicted molar refractivity (Wildman–Crippen MR) is 117 cm³/mol. The summed E-state index contributed by atoms with van der Waals surface area (Å²) in [5.41, 5.74) is -1.58. The number of hydrogen-bond donors (Lipinski definition) is 2. The fourth-order valence-corrected chi connectivity index (χ4v) is 4.27. The number of urea groups is 1. The van der Waals surface area contributed by atoms with Gasteiger partial charge in [-0.05, 0) is 56.0 Å². The molecule has 0 bridgehead atoms. The Labute approximate surface area is 194 Å². The summed E-state index contributed by atoms with van der Waals surface area (Å²) in [5.74, 6) is -1.92. The van der Waals surface area contributed by atoms with Gasteiger partial charge in [0.25, 0.3) is 5.91 Å². The van der Waals surface area contributed by atoms with Crippen LogP contribution in [-0.2, 0) is 11.0 Å². The van der Waals surface area contributed by atoms with Crippen molar-refractivity contribution in [1.29, 1.82) is 0 Å². The lowest BCUT2D eigenvalue weighted by atomic mass is 9.97. The summed E-state index contributed by atoms with van der Waals surface area (Å²) in [7, 11) is 0. The summed E-state index contributed by atoms with van der Waals surface area (Å²) in [6.45, 7) is 2.06. The molecule has 1 atom stereocenters. The summed E-state index contributed by atoms with van der Waals surface area (Å²) in [6, 6.07) is 5.89. The van der Waals surface area contributed by atoms with E-state index in [-0.39, 0.29) is 24.0 Å². The van der Waals surface area contributed by atoms with Crippen molar-refractivity contribution in [2.75, 3.05) is 36.8 Å². The minimum absolute atomic E-state index is 0.0451. The molecule has 2 N–H and O–H groups in total. The van der Waals surface area contributed by atoms with Gasteiger partial charge in [0.15, 0.2) is 5.76 Å². The maximum Gasteiger partial charge on any atom is 0.418 e. The average molecular weight is 478 g/mol. The number of anilines is 2. The van der Waals surface area contributed by atoms with E-state index in [1.54, 1.807) is 9.80 Å². The second-order valence-electron chi connectivity index (χ2n) is 8.44. The van der Waals surface area contributed by atoms with Crippen molar-refractivity contribution in [3.05, 3.63) is 47.9 Å². The van der Waals surface area contributed by atoms with Crippen LogP contribution in [0.1, 0.15) is 41.8 Å². The van der Waals surface area contributed by atoms with Gasteiger partial charge >= 0.3 is 12.2 Å². The number of carbonyl (C=O) groups excluding carboxylic acids is 3. The third-order valence-electron chi connectivity index (χ3n) is 6.02. The zero-order chi connectivity index (χ0) is 24.3. The second kappa shape index (κ2) is 9.78. The Balaban J connectivity index is 1.45. The van der Waals surface area contributed by atoms with Crippen molar-refractivity contribution < 1.29 is 32.0 Å². The first-order valence-electron chi connectivity index (χ1n) is 11.1. The Morgan fingerprint density at radius 1 is 0.971 bits per heavy atom. The van der Waals surface area contributed by atoms with E-state index < -0.39 is 35.2 Å². The van der Waals surface area contributed by atoms with Crippen LogP contribution in [-0.4, -0.2) is 53.8 Å². The van der Waals surface area contributed by atoms with Crippen LogP contribution < -0.4 is 10.6 Å². The van der Waals surface area contributed by atoms with Gasteiger partial charge in [0.05, 0.1) is 23.4 Å². The van der Waals surface area contributed by atoms with E-state index in [1.165, 1.54) is 24.5 Å². The molecule has 0 spiro atoms. The van der Waals surface area contributed by atoms with Gasteiger partial charge < -0.3 is 24.9 Å². The van der Waals surface area contributed by atoms with Crippen molar-refractivity contribution in [3.8, 4) is 0 Å². The van der Waals surface area contributed by atoms with Crippen LogP contribution in [0.4, 0.5) is 29.3 Å². The zero-order valence-electron chi connectivity index (χ0n) is 18.4. The highest BCUT2D eigenvalue weighted by Crippen LogP contribution is 2.37. The van der Waals surface area contributed by atoms with Crippen LogP contribution in [0.3, 0.4) is 0 Å². The van der Waals surface area contributed by atoms with Gasteiger partial charge in [0.2, 0.25) is 5.91 Å². The molecule has 4 rings (SSSR count). The molecular formula is C23H25F3N4O4. The van der Waals surface area contributed by atoms with E-state index >= 15 is 0 Å². The van der Waals surface area contributed by atoms with Crippen molar-refractivity contribution in [2.45, 2.75) is 31.9 Å². The van der Waals surface area contributed by atoms with Crippen LogP contribution in [0, 0.1) is 5.92 Å². The van der Waals surface area contributed by atoms with Gasteiger partial charge in [0, 0.05) is 31.9 Å². The largest absolute Gasteiger partial charge is 0.459 e. The number of furan rings is 1. The van der Waals surface area contributed by atoms with Gasteiger partial charge in [0.1, 0.15) is 0 Å². The molecule has 182 valence electrons. The lowest BCUT2D eigenvalue weighted by molar-refractivity contribution is -0.137. The molecule has 11 heteroatoms. The molecule has 2 fully saturated rings. The molecule has 1 aromatic carbocycles. The number of nitrogens with one attached hydrogen (secondary N) is 2. The third-order valence-corrected chi connectivity index (χ3v) is 6.02. The summed E-state index contributed by atoms with van der Waals surface area (Å²) >= 11 is 0. The summed E-state index contributed by atoms with van der Waals surface area (Å²) in [5, 5.41) is 4.73. The minimum atomic E-state index is -4.77. The van der Waals surface area contributed by atoms with Crippen LogP contribution in [0.5, 0.6) is 0 Å². The highest BCUT2D eigenvalue weighted by atomic mass is 19.4. The van der Waals surface area contributed by atoms with Gasteiger partial charge in [-0.25, -0.2) is 4.79 Å². The van der Waals surface area contributed by atoms with E-state index in [1.807, 2.05) is 0 Å². The summed E-state index contributed by atoms with van der Waals surface area (Å²) < 4.78 is 46.1. The molecule has 0 radical (unpaired) electrons. The molecule has 2 aliphatic rings. The Hall–Kier alpha value is -3.50. The van der Waals surface area contributed by atoms with Crippen molar-refractivity contribution in [2.24, 2.45) is 5.92 Å². The number of benzene rings is 1. The number of piperidine rings is 1. The molecule has 2 saturated heterocycles. The zero-order valence-corrected chi connectivity index (χ0v) is 18.4. The molecule has 8 nitrogen and oxygen atoms in total. The smallest absolute Gasteiger partial charge is 0.418 e. The molecular weight excluding hydrogens is 453 g/mol. The molecule has 1 unspecified atom stereocenters. The first kappa shape index (κ1) is 23.7. The fraction of sp³-hybridized carbons (Fsp3) is 0.435. The normalized spacial score (nSPS) is 18.6. The second-order valence-corrected chi connectivity index (χ2v) is 8.44. The first-order chi connectivity index (χ1) is 16.2. The Bertz CT molecular complexity index is 1050. The van der Waals surface area contributed by atoms with E-state index in [9.17, 15) is 27.6 Å². The average Bonchev–Trinajstić information content (AvgIpc) is 3.53. The SMILES string of the molecule is O=C(Nc1ccc(NC(=O)C2CCCN(C(=O)N3CCCC3)C2)c(C(F)(F)F)c1)c1ccco1. The number of carbonyl (C=O) groups is 3. The monoisotopic (exact) mass is 478 g/mol. The molecule has 0 saturated carbocycles. The standard InChI is InChI=1S/C23H25F3N4O4/c24-23(25,26)17-13-16(27-21(32)19-6-4-12-34-19)7-8-18(17)28-20(31)15-5-3-11-30(14-15)22(33)29-9-1-2-10-29/h4,6-8,12-13,15H,1-3,5,9-11,14H2,(H,27,32)(H,28,31). The molecule has 0 aliphatic carbocycles. The first-order valence-corrected chi connectivity index (χ1v) is 11.1. The van der Waals surface area contributed by atoms with Crippen LogP contribution in [0.15, 0.2) is 41.0 Å². The van der Waals surface area contributed by atoms with Gasteiger partial charge in [-0.1, -0.05) is 0 Å².